The van der Waals surface area contributed by atoms with Crippen LogP contribution in [0.1, 0.15) is 65.7 Å². The molecule has 0 bridgehead atoms. The summed E-state index contributed by atoms with van der Waals surface area (Å²) in [7, 11) is 0. The third-order valence-corrected chi connectivity index (χ3v) is 6.70. The first kappa shape index (κ1) is 15.3. The maximum Gasteiger partial charge on any atom is 0.136 e. The third-order valence-electron chi connectivity index (χ3n) is 6.70. The molecule has 2 saturated carbocycles. The molecule has 3 aliphatic carbocycles. The Bertz CT molecular complexity index is 450. The quantitative estimate of drug-likeness (QED) is 0.794. The molecule has 0 heterocycles. The van der Waals surface area contributed by atoms with Crippen LogP contribution in [0.4, 0.5) is 0 Å². The summed E-state index contributed by atoms with van der Waals surface area (Å²) in [5.41, 5.74) is -0.354. The largest absolute Gasteiger partial charge is 0.386 e. The van der Waals surface area contributed by atoms with Crippen LogP contribution in [0, 0.1) is 29.1 Å². The van der Waals surface area contributed by atoms with E-state index >= 15 is 0 Å². The van der Waals surface area contributed by atoms with E-state index in [0.29, 0.717) is 29.5 Å². The second-order valence-corrected chi connectivity index (χ2v) is 8.46. The van der Waals surface area contributed by atoms with Gasteiger partial charge < -0.3 is 5.11 Å². The molecule has 0 aromatic rings. The van der Waals surface area contributed by atoms with Crippen molar-refractivity contribution in [3.8, 4) is 0 Å². The molecule has 0 spiro atoms. The van der Waals surface area contributed by atoms with E-state index < -0.39 is 5.60 Å². The van der Waals surface area contributed by atoms with Crippen molar-refractivity contribution in [2.24, 2.45) is 29.1 Å². The van der Waals surface area contributed by atoms with Crippen LogP contribution in [0.2, 0.25) is 0 Å². The molecular weight excluding hydrogens is 260 g/mol. The number of hydrogen-bond donors (Lipinski definition) is 1. The zero-order chi connectivity index (χ0) is 15.3. The van der Waals surface area contributed by atoms with Gasteiger partial charge in [-0.05, 0) is 68.6 Å². The van der Waals surface area contributed by atoms with Crippen LogP contribution in [0.3, 0.4) is 0 Å². The first-order chi connectivity index (χ1) is 9.82. The van der Waals surface area contributed by atoms with Crippen molar-refractivity contribution in [3.05, 3.63) is 12.2 Å². The number of fused-ring (bicyclic) bond motifs is 1. The fourth-order valence-electron chi connectivity index (χ4n) is 5.72. The molecule has 0 aliphatic heterocycles. The molecule has 21 heavy (non-hydrogen) atoms. The van der Waals surface area contributed by atoms with Gasteiger partial charge in [0.15, 0.2) is 0 Å². The van der Waals surface area contributed by atoms with Crippen LogP contribution in [-0.2, 0) is 4.79 Å². The van der Waals surface area contributed by atoms with E-state index in [4.69, 9.17) is 0 Å². The summed E-state index contributed by atoms with van der Waals surface area (Å²) in [6.45, 7) is 6.66. The Morgan fingerprint density at radius 2 is 2.14 bits per heavy atom. The molecule has 2 nitrogen and oxygen atoms in total. The van der Waals surface area contributed by atoms with Gasteiger partial charge in [-0.3, -0.25) is 4.79 Å². The van der Waals surface area contributed by atoms with Crippen LogP contribution in [0.5, 0.6) is 0 Å². The van der Waals surface area contributed by atoms with Gasteiger partial charge in [0.05, 0.1) is 5.60 Å². The molecule has 0 aromatic carbocycles. The molecule has 1 unspecified atom stereocenters. The molecule has 0 aromatic heterocycles. The Labute approximate surface area is 129 Å². The van der Waals surface area contributed by atoms with Gasteiger partial charge in [0.1, 0.15) is 5.78 Å². The maximum absolute atomic E-state index is 12.2. The number of rotatable bonds is 3. The zero-order valence-electron chi connectivity index (χ0n) is 13.8. The Morgan fingerprint density at radius 1 is 1.38 bits per heavy atom. The highest BCUT2D eigenvalue weighted by atomic mass is 16.3. The SMILES string of the molecule is C[C@H](C[C@@H]1C=C[C@@](C)(O)C1)[C@H]1CCC2C(=O)CCC[C@@]21C. The van der Waals surface area contributed by atoms with E-state index in [9.17, 15) is 9.90 Å². The number of Topliss-reactive ketones (excluding diaryl/α,β-unsaturated/α-hetero) is 1. The minimum atomic E-state index is -0.604. The van der Waals surface area contributed by atoms with Crippen molar-refractivity contribution >= 4 is 5.78 Å². The first-order valence-corrected chi connectivity index (χ1v) is 8.76. The van der Waals surface area contributed by atoms with Crippen LogP contribution in [0.25, 0.3) is 0 Å². The van der Waals surface area contributed by atoms with E-state index in [1.807, 2.05) is 13.0 Å². The van der Waals surface area contributed by atoms with Gasteiger partial charge in [-0.15, -0.1) is 0 Å². The third kappa shape index (κ3) is 2.72. The monoisotopic (exact) mass is 290 g/mol. The number of ketones is 1. The average Bonchev–Trinajstić information content (AvgIpc) is 2.90. The smallest absolute Gasteiger partial charge is 0.136 e. The molecule has 3 rings (SSSR count). The number of carbonyl (C=O) groups is 1. The summed E-state index contributed by atoms with van der Waals surface area (Å²) in [6, 6.07) is 0. The van der Waals surface area contributed by atoms with Gasteiger partial charge >= 0.3 is 0 Å². The van der Waals surface area contributed by atoms with Crippen molar-refractivity contribution in [1.82, 2.24) is 0 Å². The van der Waals surface area contributed by atoms with Crippen LogP contribution >= 0.6 is 0 Å². The standard InChI is InChI=1S/C19H30O2/c1-13(11-14-8-10-18(2,21)12-14)15-6-7-16-17(20)5-4-9-19(15,16)3/h8,10,13-16,21H,4-7,9,11-12H2,1-3H3/t13-,14+,15-,16?,18-,19-/m1/s1. The molecule has 2 fully saturated rings. The molecule has 0 saturated heterocycles. The van der Waals surface area contributed by atoms with E-state index in [0.717, 1.165) is 32.1 Å². The average molecular weight is 290 g/mol. The van der Waals surface area contributed by atoms with E-state index in [-0.39, 0.29) is 5.41 Å². The van der Waals surface area contributed by atoms with Crippen molar-refractivity contribution in [2.75, 3.05) is 0 Å². The summed E-state index contributed by atoms with van der Waals surface area (Å²) in [4.78, 5) is 12.2. The minimum absolute atomic E-state index is 0.250. The summed E-state index contributed by atoms with van der Waals surface area (Å²) in [6.07, 6.45) is 11.7. The fraction of sp³-hybridized carbons (Fsp3) is 0.842. The molecule has 2 heteroatoms. The van der Waals surface area contributed by atoms with E-state index in [1.165, 1.54) is 12.8 Å². The molecule has 1 N–H and O–H groups in total. The van der Waals surface area contributed by atoms with E-state index in [1.54, 1.807) is 0 Å². The van der Waals surface area contributed by atoms with Crippen LogP contribution < -0.4 is 0 Å². The number of aliphatic hydroxyl groups is 1. The fourth-order valence-corrected chi connectivity index (χ4v) is 5.72. The normalized spacial score (nSPS) is 47.6. The zero-order valence-corrected chi connectivity index (χ0v) is 13.8. The van der Waals surface area contributed by atoms with Gasteiger partial charge in [0, 0.05) is 12.3 Å². The lowest BCUT2D eigenvalue weighted by atomic mass is 9.61. The first-order valence-electron chi connectivity index (χ1n) is 8.76. The van der Waals surface area contributed by atoms with Crippen molar-refractivity contribution in [1.29, 1.82) is 0 Å². The topological polar surface area (TPSA) is 37.3 Å². The van der Waals surface area contributed by atoms with Gasteiger partial charge in [0.25, 0.3) is 0 Å². The van der Waals surface area contributed by atoms with Crippen LogP contribution in [0.15, 0.2) is 12.2 Å². The predicted octanol–water partition coefficient (Wildman–Crippen LogP) is 4.13. The summed E-state index contributed by atoms with van der Waals surface area (Å²) < 4.78 is 0. The van der Waals surface area contributed by atoms with E-state index in [2.05, 4.69) is 19.9 Å². The maximum atomic E-state index is 12.2. The van der Waals surface area contributed by atoms with Crippen molar-refractivity contribution < 1.29 is 9.90 Å². The highest BCUT2D eigenvalue weighted by molar-refractivity contribution is 5.83. The van der Waals surface area contributed by atoms with Gasteiger partial charge in [-0.25, -0.2) is 0 Å². The predicted molar refractivity (Wildman–Crippen MR) is 84.8 cm³/mol. The Morgan fingerprint density at radius 3 is 2.81 bits per heavy atom. The Kier molecular flexibility index (Phi) is 3.80. The molecule has 0 radical (unpaired) electrons. The number of hydrogen-bond acceptors (Lipinski definition) is 2. The summed E-state index contributed by atoms with van der Waals surface area (Å²) in [5, 5.41) is 10.1. The second-order valence-electron chi connectivity index (χ2n) is 8.46. The molecule has 0 amide bonds. The number of carbonyl (C=O) groups excluding carboxylic acids is 1. The molecule has 6 atom stereocenters. The minimum Gasteiger partial charge on any atom is -0.386 e. The molecule has 3 aliphatic rings. The lowest BCUT2D eigenvalue weighted by Gasteiger charge is -2.42. The Hall–Kier alpha value is -0.630. The van der Waals surface area contributed by atoms with Gasteiger partial charge in [-0.1, -0.05) is 26.0 Å². The van der Waals surface area contributed by atoms with Crippen molar-refractivity contribution in [2.45, 2.75) is 71.3 Å². The van der Waals surface area contributed by atoms with Crippen LogP contribution in [-0.4, -0.2) is 16.5 Å². The summed E-state index contributed by atoms with van der Waals surface area (Å²) in [5.74, 6) is 2.71. The molecule has 118 valence electrons. The highest BCUT2D eigenvalue weighted by Gasteiger charge is 2.52. The lowest BCUT2D eigenvalue weighted by molar-refractivity contribution is -0.130. The highest BCUT2D eigenvalue weighted by Crippen LogP contribution is 2.57. The second kappa shape index (κ2) is 5.22. The summed E-state index contributed by atoms with van der Waals surface area (Å²) >= 11 is 0. The Balaban J connectivity index is 1.67. The van der Waals surface area contributed by atoms with Gasteiger partial charge in [0.2, 0.25) is 0 Å². The molecular formula is C19H30O2. The number of allylic oxidation sites excluding steroid dienone is 1. The lowest BCUT2D eigenvalue weighted by Crippen LogP contribution is -2.39. The van der Waals surface area contributed by atoms with Crippen molar-refractivity contribution in [3.63, 3.8) is 0 Å². The van der Waals surface area contributed by atoms with Gasteiger partial charge in [-0.2, -0.15) is 0 Å².